The zero-order valence-corrected chi connectivity index (χ0v) is 20.1. The quantitative estimate of drug-likeness (QED) is 0.440. The molecule has 1 aromatic heterocycles. The van der Waals surface area contributed by atoms with E-state index in [0.29, 0.717) is 16.7 Å². The zero-order chi connectivity index (χ0) is 24.1. The minimum atomic E-state index is -5.02. The monoisotopic (exact) mass is 572 g/mol. The number of nitrogens with one attached hydrogen (secondary N) is 1. The van der Waals surface area contributed by atoms with Crippen LogP contribution in [0.25, 0.3) is 0 Å². The van der Waals surface area contributed by atoms with Crippen molar-refractivity contribution < 1.29 is 35.5 Å². The Balaban J connectivity index is 1.90. The van der Waals surface area contributed by atoms with Crippen LogP contribution in [0.3, 0.4) is 0 Å². The predicted octanol–water partition coefficient (Wildman–Crippen LogP) is 4.37. The summed E-state index contributed by atoms with van der Waals surface area (Å²) in [5.41, 5.74) is -0.292. The Morgan fingerprint density at radius 1 is 1.09 bits per heavy atom. The van der Waals surface area contributed by atoms with Crippen molar-refractivity contribution in [1.29, 1.82) is 0 Å². The van der Waals surface area contributed by atoms with Gasteiger partial charge < -0.3 is 0 Å². The van der Waals surface area contributed by atoms with Crippen molar-refractivity contribution in [2.45, 2.75) is 40.1 Å². The third kappa shape index (κ3) is 5.26. The predicted molar refractivity (Wildman–Crippen MR) is 105 cm³/mol. The first-order valence-electron chi connectivity index (χ1n) is 9.46. The van der Waals surface area contributed by atoms with Crippen molar-refractivity contribution >= 4 is 39.6 Å². The average molecular weight is 571 g/mol. The summed E-state index contributed by atoms with van der Waals surface area (Å²) in [5, 5.41) is 2.58. The van der Waals surface area contributed by atoms with Crippen LogP contribution in [0.5, 0.6) is 0 Å². The summed E-state index contributed by atoms with van der Waals surface area (Å²) < 4.78 is 92.5. The molecule has 0 bridgehead atoms. The number of nitrogens with zero attached hydrogens (tertiary/aromatic N) is 3. The summed E-state index contributed by atoms with van der Waals surface area (Å²) in [4.78, 5) is 25.0. The fraction of sp³-hybridized carbons (Fsp3) is 0.421. The summed E-state index contributed by atoms with van der Waals surface area (Å²) >= 11 is -3.34. The number of fused-ring (bicyclic) bond motifs is 1. The van der Waals surface area contributed by atoms with Gasteiger partial charge in [-0.3, -0.25) is 0 Å². The van der Waals surface area contributed by atoms with Crippen LogP contribution in [-0.4, -0.2) is 51.9 Å². The van der Waals surface area contributed by atoms with Crippen LogP contribution < -0.4 is 9.03 Å². The molecule has 1 aliphatic rings. The van der Waals surface area contributed by atoms with Crippen LogP contribution >= 0.6 is 0 Å². The fourth-order valence-corrected chi connectivity index (χ4v) is 7.52. The van der Waals surface area contributed by atoms with Gasteiger partial charge in [0, 0.05) is 0 Å². The van der Waals surface area contributed by atoms with Crippen LogP contribution in [-0.2, 0) is 23.9 Å². The average Bonchev–Trinajstić information content (AvgIpc) is 2.65. The summed E-state index contributed by atoms with van der Waals surface area (Å²) in [6, 6.07) is 2.35. The van der Waals surface area contributed by atoms with Crippen LogP contribution in [0, 0.1) is 5.82 Å². The van der Waals surface area contributed by atoms with Gasteiger partial charge in [0.1, 0.15) is 0 Å². The normalized spacial score (nSPS) is 14.9. The Bertz CT molecular complexity index is 1050. The second kappa shape index (κ2) is 8.34. The molecule has 0 saturated carbocycles. The van der Waals surface area contributed by atoms with Crippen molar-refractivity contribution in [3.05, 3.63) is 40.8 Å². The summed E-state index contributed by atoms with van der Waals surface area (Å²) in [7, 11) is 0. The first kappa shape index (κ1) is 24.5. The van der Waals surface area contributed by atoms with E-state index >= 15 is 0 Å². The van der Waals surface area contributed by atoms with Crippen molar-refractivity contribution in [2.24, 2.45) is 0 Å². The SMILES string of the molecule is [CH3][Sn]([CH3])([CH3])[c]1nc(Nc2cc3c(cc2F)CN(C(=O)C(F)(F)F)CC3)ncc1C(F)(F)F. The van der Waals surface area contributed by atoms with E-state index in [2.05, 4.69) is 15.3 Å². The third-order valence-electron chi connectivity index (χ3n) is 4.88. The van der Waals surface area contributed by atoms with Gasteiger partial charge in [-0.25, -0.2) is 0 Å². The van der Waals surface area contributed by atoms with Gasteiger partial charge in [-0.05, 0) is 0 Å². The Kier molecular flexibility index (Phi) is 6.39. The minimum absolute atomic E-state index is 0.0592. The molecule has 0 saturated heterocycles. The molecule has 32 heavy (non-hydrogen) atoms. The first-order chi connectivity index (χ1) is 14.6. The van der Waals surface area contributed by atoms with E-state index in [9.17, 15) is 35.5 Å². The number of aromatic nitrogens is 2. The Morgan fingerprint density at radius 2 is 1.75 bits per heavy atom. The molecule has 174 valence electrons. The van der Waals surface area contributed by atoms with Gasteiger partial charge >= 0.3 is 170 Å². The molecule has 1 N–H and O–H groups in total. The molecule has 1 amide bonds. The molecule has 3 rings (SSSR count). The van der Waals surface area contributed by atoms with Gasteiger partial charge in [0.05, 0.1) is 0 Å². The molecule has 5 nitrogen and oxygen atoms in total. The molecule has 0 aliphatic carbocycles. The topological polar surface area (TPSA) is 58.1 Å². The van der Waals surface area contributed by atoms with Gasteiger partial charge in [-0.1, -0.05) is 0 Å². The molecule has 2 aromatic rings. The molecule has 0 spiro atoms. The molecule has 13 heteroatoms. The summed E-state index contributed by atoms with van der Waals surface area (Å²) in [5.74, 6) is -3.05. The van der Waals surface area contributed by atoms with Gasteiger partial charge in [0.2, 0.25) is 0 Å². The Labute approximate surface area is 182 Å². The fourth-order valence-electron chi connectivity index (χ4n) is 3.37. The number of anilines is 2. The molecule has 0 unspecified atom stereocenters. The van der Waals surface area contributed by atoms with E-state index < -0.39 is 54.6 Å². The number of carbonyl (C=O) groups is 1. The van der Waals surface area contributed by atoms with Crippen molar-refractivity contribution in [2.75, 3.05) is 11.9 Å². The van der Waals surface area contributed by atoms with Crippen LogP contribution in [0.4, 0.5) is 42.4 Å². The maximum absolute atomic E-state index is 14.6. The number of carbonyl (C=O) groups excluding carboxylic acids is 1. The number of amides is 1. The van der Waals surface area contributed by atoms with Gasteiger partial charge in [0.25, 0.3) is 0 Å². The van der Waals surface area contributed by atoms with Crippen LogP contribution in [0.1, 0.15) is 16.7 Å². The molecular weight excluding hydrogens is 552 g/mol. The zero-order valence-electron chi connectivity index (χ0n) is 17.2. The molecule has 0 radical (unpaired) electrons. The summed E-state index contributed by atoms with van der Waals surface area (Å²) in [6.45, 7) is -0.597. The van der Waals surface area contributed by atoms with Crippen molar-refractivity contribution in [3.8, 4) is 0 Å². The van der Waals surface area contributed by atoms with Gasteiger partial charge in [0.15, 0.2) is 0 Å². The van der Waals surface area contributed by atoms with E-state index in [1.807, 2.05) is 0 Å². The molecule has 0 atom stereocenters. The number of halogens is 7. The molecule has 1 aromatic carbocycles. The number of benzene rings is 1. The van der Waals surface area contributed by atoms with Crippen LogP contribution in [0.2, 0.25) is 14.8 Å². The summed E-state index contributed by atoms with van der Waals surface area (Å²) in [6.07, 6.45) is -8.91. The molecule has 0 fully saturated rings. The molecular formula is C19H19F7N4OSn. The second-order valence-corrected chi connectivity index (χ2v) is 22.6. The van der Waals surface area contributed by atoms with Crippen molar-refractivity contribution in [1.82, 2.24) is 14.9 Å². The first-order valence-corrected chi connectivity index (χ1v) is 19.5. The van der Waals surface area contributed by atoms with E-state index in [4.69, 9.17) is 0 Å². The number of hydrogen-bond acceptors (Lipinski definition) is 4. The van der Waals surface area contributed by atoms with E-state index in [-0.39, 0.29) is 33.9 Å². The van der Waals surface area contributed by atoms with Gasteiger partial charge in [-0.15, -0.1) is 0 Å². The molecule has 2 heterocycles. The Morgan fingerprint density at radius 3 is 2.31 bits per heavy atom. The molecule has 1 aliphatic heterocycles. The van der Waals surface area contributed by atoms with Crippen LogP contribution in [0.15, 0.2) is 18.3 Å². The standard InChI is InChI=1S/C16H10F7N4O.3CH3.Sn/c17-11-3-9-7-27(13(28)16(21,22)23)2-1-8(9)4-12(11)26-14-24-5-10(6-25-14)15(18,19)20;;;;/h3-5H,1-2,7H2,(H,24,25,26);3*1H3;. The number of alkyl halides is 6. The number of rotatable bonds is 3. The van der Waals surface area contributed by atoms with E-state index in [0.717, 1.165) is 6.07 Å². The van der Waals surface area contributed by atoms with Gasteiger partial charge in [-0.2, -0.15) is 13.2 Å². The number of hydrogen-bond donors (Lipinski definition) is 1. The Hall–Kier alpha value is -2.12. The maximum atomic E-state index is 14.6. The van der Waals surface area contributed by atoms with Crippen molar-refractivity contribution in [3.63, 3.8) is 0 Å². The van der Waals surface area contributed by atoms with E-state index in [1.165, 1.54) is 6.07 Å². The third-order valence-corrected chi connectivity index (χ3v) is 10.0. The van der Waals surface area contributed by atoms with E-state index in [1.54, 1.807) is 14.8 Å². The second-order valence-electron chi connectivity index (χ2n) is 8.40.